The van der Waals surface area contributed by atoms with Gasteiger partial charge in [-0.05, 0) is 52.3 Å². The maximum absolute atomic E-state index is 12.3. The number of carbonyl (C=O) groups excluding carboxylic acids is 1. The van der Waals surface area contributed by atoms with Gasteiger partial charge in [-0.15, -0.1) is 0 Å². The zero-order valence-electron chi connectivity index (χ0n) is 14.0. The van der Waals surface area contributed by atoms with E-state index in [9.17, 15) is 4.79 Å². The third kappa shape index (κ3) is 3.94. The number of nitrogens with zero attached hydrogens (tertiary/aromatic N) is 2. The van der Waals surface area contributed by atoms with E-state index in [0.717, 1.165) is 17.6 Å². The summed E-state index contributed by atoms with van der Waals surface area (Å²) in [6.45, 7) is 12.2. The van der Waals surface area contributed by atoms with E-state index in [-0.39, 0.29) is 12.1 Å². The molecular weight excluding hydrogens is 344 g/mol. The molecule has 1 saturated heterocycles. The van der Waals surface area contributed by atoms with Crippen molar-refractivity contribution in [3.05, 3.63) is 28.2 Å². The van der Waals surface area contributed by atoms with E-state index < -0.39 is 5.60 Å². The molecule has 1 aromatic rings. The minimum Gasteiger partial charge on any atom is -0.444 e. The van der Waals surface area contributed by atoms with Crippen molar-refractivity contribution in [3.8, 4) is 0 Å². The largest absolute Gasteiger partial charge is 0.444 e. The number of anilines is 1. The molecule has 1 aliphatic heterocycles. The Morgan fingerprint density at radius 2 is 2.00 bits per heavy atom. The molecule has 1 amide bonds. The van der Waals surface area contributed by atoms with Crippen molar-refractivity contribution in [2.24, 2.45) is 0 Å². The maximum atomic E-state index is 12.3. The summed E-state index contributed by atoms with van der Waals surface area (Å²) in [6.07, 6.45) is -0.217. The highest BCUT2D eigenvalue weighted by molar-refractivity contribution is 9.10. The van der Waals surface area contributed by atoms with E-state index in [2.05, 4.69) is 52.9 Å². The van der Waals surface area contributed by atoms with Gasteiger partial charge in [0.2, 0.25) is 0 Å². The number of piperazine rings is 1. The van der Waals surface area contributed by atoms with Gasteiger partial charge in [-0.25, -0.2) is 4.79 Å². The summed E-state index contributed by atoms with van der Waals surface area (Å²) < 4.78 is 6.61. The molecule has 0 N–H and O–H groups in total. The highest BCUT2D eigenvalue weighted by atomic mass is 79.9. The molecule has 1 fully saturated rings. The van der Waals surface area contributed by atoms with Gasteiger partial charge in [0.05, 0.1) is 0 Å². The summed E-state index contributed by atoms with van der Waals surface area (Å²) in [5.74, 6) is 0. The van der Waals surface area contributed by atoms with Gasteiger partial charge in [0.25, 0.3) is 0 Å². The Kier molecular flexibility index (Phi) is 5.05. The van der Waals surface area contributed by atoms with Gasteiger partial charge in [0.15, 0.2) is 0 Å². The smallest absolute Gasteiger partial charge is 0.410 e. The summed E-state index contributed by atoms with van der Waals surface area (Å²) in [5.41, 5.74) is 2.01. The standard InChI is InChI=1S/C17H25BrN2O2/c1-12-11-19(15-8-6-7-14(18)13(15)2)9-10-20(12)16(21)22-17(3,4)5/h6-8,12H,9-11H2,1-5H3. The van der Waals surface area contributed by atoms with Crippen molar-refractivity contribution in [3.63, 3.8) is 0 Å². The number of amides is 1. The Labute approximate surface area is 141 Å². The van der Waals surface area contributed by atoms with Crippen LogP contribution < -0.4 is 4.90 Å². The fraction of sp³-hybridized carbons (Fsp3) is 0.588. The molecule has 2 rings (SSSR count). The highest BCUT2D eigenvalue weighted by Gasteiger charge is 2.31. The van der Waals surface area contributed by atoms with Crippen LogP contribution in [0.15, 0.2) is 22.7 Å². The third-order valence-corrected chi connectivity index (χ3v) is 4.69. The highest BCUT2D eigenvalue weighted by Crippen LogP contribution is 2.28. The first-order chi connectivity index (χ1) is 10.2. The zero-order valence-corrected chi connectivity index (χ0v) is 15.6. The monoisotopic (exact) mass is 368 g/mol. The van der Waals surface area contributed by atoms with Crippen molar-refractivity contribution in [1.82, 2.24) is 4.90 Å². The van der Waals surface area contributed by atoms with Crippen LogP contribution in [0.25, 0.3) is 0 Å². The molecule has 0 bridgehead atoms. The van der Waals surface area contributed by atoms with Crippen LogP contribution in [0.1, 0.15) is 33.3 Å². The SMILES string of the molecule is Cc1c(Br)cccc1N1CCN(C(=O)OC(C)(C)C)C(C)C1. The zero-order chi connectivity index (χ0) is 16.5. The number of rotatable bonds is 1. The van der Waals surface area contributed by atoms with E-state index in [0.29, 0.717) is 6.54 Å². The van der Waals surface area contributed by atoms with Gasteiger partial charge < -0.3 is 14.5 Å². The van der Waals surface area contributed by atoms with E-state index >= 15 is 0 Å². The number of hydrogen-bond donors (Lipinski definition) is 0. The minimum atomic E-state index is -0.450. The number of ether oxygens (including phenoxy) is 1. The second-order valence-corrected chi connectivity index (χ2v) is 7.71. The van der Waals surface area contributed by atoms with Crippen LogP contribution >= 0.6 is 15.9 Å². The van der Waals surface area contributed by atoms with Gasteiger partial charge >= 0.3 is 6.09 Å². The quantitative estimate of drug-likeness (QED) is 0.744. The third-order valence-electron chi connectivity index (χ3n) is 3.84. The van der Waals surface area contributed by atoms with E-state index in [4.69, 9.17) is 4.74 Å². The fourth-order valence-electron chi connectivity index (χ4n) is 2.71. The van der Waals surface area contributed by atoms with Gasteiger partial charge in [-0.3, -0.25) is 0 Å². The average Bonchev–Trinajstić information content (AvgIpc) is 2.39. The Hall–Kier alpha value is -1.23. The van der Waals surface area contributed by atoms with E-state index in [1.807, 2.05) is 25.7 Å². The molecule has 5 heteroatoms. The molecule has 1 aromatic carbocycles. The summed E-state index contributed by atoms with van der Waals surface area (Å²) in [5, 5.41) is 0. The van der Waals surface area contributed by atoms with E-state index in [1.165, 1.54) is 11.3 Å². The molecule has 1 atom stereocenters. The average molecular weight is 369 g/mol. The number of hydrogen-bond acceptors (Lipinski definition) is 3. The van der Waals surface area contributed by atoms with E-state index in [1.54, 1.807) is 0 Å². The Balaban J connectivity index is 2.07. The summed E-state index contributed by atoms with van der Waals surface area (Å²) in [7, 11) is 0. The molecule has 1 aliphatic rings. The minimum absolute atomic E-state index is 0.127. The predicted molar refractivity (Wildman–Crippen MR) is 93.5 cm³/mol. The van der Waals surface area contributed by atoms with Crippen LogP contribution in [0.3, 0.4) is 0 Å². The molecule has 0 aliphatic carbocycles. The molecule has 22 heavy (non-hydrogen) atoms. The van der Waals surface area contributed by atoms with Gasteiger partial charge in [-0.1, -0.05) is 22.0 Å². The Bertz CT molecular complexity index is 554. The number of halogens is 1. The second-order valence-electron chi connectivity index (χ2n) is 6.85. The van der Waals surface area contributed by atoms with Crippen molar-refractivity contribution in [2.75, 3.05) is 24.5 Å². The maximum Gasteiger partial charge on any atom is 0.410 e. The fourth-order valence-corrected chi connectivity index (χ4v) is 3.06. The molecule has 4 nitrogen and oxygen atoms in total. The van der Waals surface area contributed by atoms with Crippen molar-refractivity contribution < 1.29 is 9.53 Å². The van der Waals surface area contributed by atoms with Crippen LogP contribution in [0.5, 0.6) is 0 Å². The van der Waals surface area contributed by atoms with Crippen LogP contribution in [0, 0.1) is 6.92 Å². The molecule has 1 heterocycles. The first-order valence-corrected chi connectivity index (χ1v) is 8.48. The van der Waals surface area contributed by atoms with Crippen LogP contribution in [0.4, 0.5) is 10.5 Å². The van der Waals surface area contributed by atoms with Gasteiger partial charge in [-0.2, -0.15) is 0 Å². The molecular formula is C17H25BrN2O2. The van der Waals surface area contributed by atoms with Crippen LogP contribution in [0.2, 0.25) is 0 Å². The lowest BCUT2D eigenvalue weighted by molar-refractivity contribution is 0.0159. The van der Waals surface area contributed by atoms with Gasteiger partial charge in [0, 0.05) is 35.8 Å². The predicted octanol–water partition coefficient (Wildman–Crippen LogP) is 4.20. The van der Waals surface area contributed by atoms with Gasteiger partial charge in [0.1, 0.15) is 5.60 Å². The molecule has 0 aromatic heterocycles. The summed E-state index contributed by atoms with van der Waals surface area (Å²) >= 11 is 3.58. The molecule has 0 spiro atoms. The van der Waals surface area contributed by atoms with Crippen molar-refractivity contribution in [1.29, 1.82) is 0 Å². The van der Waals surface area contributed by atoms with Crippen molar-refractivity contribution in [2.45, 2.75) is 46.3 Å². The Morgan fingerprint density at radius 3 is 2.59 bits per heavy atom. The lowest BCUT2D eigenvalue weighted by atomic mass is 10.1. The topological polar surface area (TPSA) is 32.8 Å². The molecule has 122 valence electrons. The first-order valence-electron chi connectivity index (χ1n) is 7.69. The number of benzene rings is 1. The molecule has 0 saturated carbocycles. The molecule has 0 radical (unpaired) electrons. The number of carbonyl (C=O) groups is 1. The molecule has 1 unspecified atom stereocenters. The Morgan fingerprint density at radius 1 is 1.32 bits per heavy atom. The summed E-state index contributed by atoms with van der Waals surface area (Å²) in [6, 6.07) is 6.37. The van der Waals surface area contributed by atoms with Crippen molar-refractivity contribution >= 4 is 27.7 Å². The second kappa shape index (κ2) is 6.49. The first kappa shape index (κ1) is 17.1. The lowest BCUT2D eigenvalue weighted by Crippen LogP contribution is -2.55. The van der Waals surface area contributed by atoms with Crippen LogP contribution in [-0.2, 0) is 4.74 Å². The summed E-state index contributed by atoms with van der Waals surface area (Å²) in [4.78, 5) is 16.4. The van der Waals surface area contributed by atoms with Crippen LogP contribution in [-0.4, -0.2) is 42.3 Å². The lowest BCUT2D eigenvalue weighted by Gasteiger charge is -2.41. The normalized spacial score (nSPS) is 19.3.